The zero-order valence-corrected chi connectivity index (χ0v) is 12.2. The first kappa shape index (κ1) is 13.1. The monoisotopic (exact) mass is 262 g/mol. The van der Waals surface area contributed by atoms with Crippen LogP contribution < -0.4 is 5.32 Å². The molecule has 4 nitrogen and oxygen atoms in total. The molecule has 0 radical (unpaired) electrons. The molecular formula is C15H26N4. The van der Waals surface area contributed by atoms with Crippen molar-refractivity contribution < 1.29 is 0 Å². The highest BCUT2D eigenvalue weighted by atomic mass is 15.2. The van der Waals surface area contributed by atoms with Gasteiger partial charge in [0.25, 0.3) is 0 Å². The summed E-state index contributed by atoms with van der Waals surface area (Å²) in [4.78, 5) is 6.83. The fourth-order valence-corrected chi connectivity index (χ4v) is 3.88. The normalized spacial score (nSPS) is 30.9. The number of hydrogen-bond donors (Lipinski definition) is 1. The Kier molecular flexibility index (Phi) is 3.89. The van der Waals surface area contributed by atoms with Crippen LogP contribution in [0.15, 0.2) is 12.5 Å². The van der Waals surface area contributed by atoms with Gasteiger partial charge >= 0.3 is 0 Å². The number of imidazole rings is 1. The first-order valence-corrected chi connectivity index (χ1v) is 7.69. The van der Waals surface area contributed by atoms with E-state index in [9.17, 15) is 0 Å². The Labute approximate surface area is 116 Å². The Morgan fingerprint density at radius 3 is 2.74 bits per heavy atom. The average Bonchev–Trinajstić information content (AvgIpc) is 2.92. The van der Waals surface area contributed by atoms with Crippen LogP contribution in [-0.2, 0) is 13.1 Å². The van der Waals surface area contributed by atoms with Crippen molar-refractivity contribution in [3.8, 4) is 0 Å². The molecule has 106 valence electrons. The van der Waals surface area contributed by atoms with Crippen LogP contribution in [0.25, 0.3) is 0 Å². The molecule has 1 N–H and O–H groups in total. The van der Waals surface area contributed by atoms with Crippen LogP contribution in [0, 0.1) is 5.92 Å². The van der Waals surface area contributed by atoms with E-state index in [2.05, 4.69) is 33.7 Å². The summed E-state index contributed by atoms with van der Waals surface area (Å²) in [6.07, 6.45) is 9.50. The van der Waals surface area contributed by atoms with E-state index >= 15 is 0 Å². The summed E-state index contributed by atoms with van der Waals surface area (Å²) in [5, 5.41) is 3.64. The Hall–Kier alpha value is -0.870. The number of aromatic nitrogens is 2. The van der Waals surface area contributed by atoms with E-state index in [0.717, 1.165) is 37.6 Å². The van der Waals surface area contributed by atoms with Crippen LogP contribution in [0.3, 0.4) is 0 Å². The highest BCUT2D eigenvalue weighted by molar-refractivity contribution is 4.98. The van der Waals surface area contributed by atoms with Crippen molar-refractivity contribution in [1.82, 2.24) is 19.8 Å². The molecule has 2 aliphatic heterocycles. The van der Waals surface area contributed by atoms with Gasteiger partial charge in [-0.05, 0) is 52.1 Å². The molecule has 2 fully saturated rings. The van der Waals surface area contributed by atoms with Crippen molar-refractivity contribution >= 4 is 0 Å². The van der Waals surface area contributed by atoms with Gasteiger partial charge in [-0.25, -0.2) is 4.98 Å². The van der Waals surface area contributed by atoms with Crippen molar-refractivity contribution in [2.24, 2.45) is 5.92 Å². The molecule has 19 heavy (non-hydrogen) atoms. The molecule has 3 rings (SSSR count). The Bertz CT molecular complexity index is 400. The lowest BCUT2D eigenvalue weighted by molar-refractivity contribution is 0.132. The topological polar surface area (TPSA) is 33.1 Å². The van der Waals surface area contributed by atoms with Crippen molar-refractivity contribution in [1.29, 1.82) is 0 Å². The van der Waals surface area contributed by atoms with Crippen molar-refractivity contribution in [3.05, 3.63) is 18.2 Å². The fraction of sp³-hybridized carbons (Fsp3) is 0.800. The van der Waals surface area contributed by atoms with Gasteiger partial charge < -0.3 is 14.8 Å². The van der Waals surface area contributed by atoms with E-state index in [4.69, 9.17) is 0 Å². The highest BCUT2D eigenvalue weighted by Crippen LogP contribution is 2.36. The SMILES string of the molecule is CCn1cncc1CNCC1CC2CCC(C1)N2C. The number of piperidine rings is 1. The van der Waals surface area contributed by atoms with Crippen LogP contribution in [0.5, 0.6) is 0 Å². The maximum Gasteiger partial charge on any atom is 0.0948 e. The molecule has 2 atom stereocenters. The summed E-state index contributed by atoms with van der Waals surface area (Å²) in [5.74, 6) is 0.867. The van der Waals surface area contributed by atoms with Crippen LogP contribution in [0.2, 0.25) is 0 Å². The first-order chi connectivity index (χ1) is 9.28. The number of fused-ring (bicyclic) bond motifs is 2. The third kappa shape index (κ3) is 2.70. The standard InChI is InChI=1S/C15H26N4/c1-3-19-11-17-10-15(19)9-16-8-12-6-13-4-5-14(7-12)18(13)2/h10-14,16H,3-9H2,1-2H3. The minimum Gasteiger partial charge on any atom is -0.334 e. The molecule has 0 amide bonds. The number of nitrogens with one attached hydrogen (secondary N) is 1. The summed E-state index contributed by atoms with van der Waals surface area (Å²) < 4.78 is 2.21. The molecule has 0 saturated carbocycles. The van der Waals surface area contributed by atoms with E-state index in [0.29, 0.717) is 0 Å². The smallest absolute Gasteiger partial charge is 0.0948 e. The number of aryl methyl sites for hydroxylation is 1. The average molecular weight is 262 g/mol. The van der Waals surface area contributed by atoms with Gasteiger partial charge in [-0.1, -0.05) is 0 Å². The lowest BCUT2D eigenvalue weighted by Crippen LogP contribution is -2.42. The molecular weight excluding hydrogens is 236 g/mol. The van der Waals surface area contributed by atoms with Gasteiger partial charge in [0.15, 0.2) is 0 Å². The molecule has 2 saturated heterocycles. The van der Waals surface area contributed by atoms with E-state index < -0.39 is 0 Å². The maximum absolute atomic E-state index is 4.22. The van der Waals surface area contributed by atoms with E-state index in [1.807, 2.05) is 12.5 Å². The van der Waals surface area contributed by atoms with Crippen molar-refractivity contribution in [2.75, 3.05) is 13.6 Å². The second-order valence-electron chi connectivity index (χ2n) is 6.19. The molecule has 0 aromatic carbocycles. The largest absolute Gasteiger partial charge is 0.334 e. The summed E-state index contributed by atoms with van der Waals surface area (Å²) in [6.45, 7) is 5.29. The predicted octanol–water partition coefficient (Wildman–Crippen LogP) is 1.87. The zero-order valence-electron chi connectivity index (χ0n) is 12.2. The van der Waals surface area contributed by atoms with Gasteiger partial charge in [-0.2, -0.15) is 0 Å². The Morgan fingerprint density at radius 1 is 1.32 bits per heavy atom. The third-order valence-electron chi connectivity index (χ3n) is 5.07. The second-order valence-corrected chi connectivity index (χ2v) is 6.19. The lowest BCUT2D eigenvalue weighted by Gasteiger charge is -2.36. The molecule has 0 spiro atoms. The molecule has 3 heterocycles. The predicted molar refractivity (Wildman–Crippen MR) is 76.9 cm³/mol. The molecule has 0 aliphatic carbocycles. The summed E-state index contributed by atoms with van der Waals surface area (Å²) >= 11 is 0. The summed E-state index contributed by atoms with van der Waals surface area (Å²) in [7, 11) is 2.31. The summed E-state index contributed by atoms with van der Waals surface area (Å²) in [5.41, 5.74) is 1.30. The fourth-order valence-electron chi connectivity index (χ4n) is 3.88. The Balaban J connectivity index is 1.46. The first-order valence-electron chi connectivity index (χ1n) is 7.69. The lowest BCUT2D eigenvalue weighted by atomic mass is 9.91. The third-order valence-corrected chi connectivity index (χ3v) is 5.07. The number of nitrogens with zero attached hydrogens (tertiary/aromatic N) is 3. The van der Waals surface area contributed by atoms with Gasteiger partial charge in [0.2, 0.25) is 0 Å². The Morgan fingerprint density at radius 2 is 2.05 bits per heavy atom. The highest BCUT2D eigenvalue weighted by Gasteiger charge is 2.37. The van der Waals surface area contributed by atoms with Crippen LogP contribution in [0.1, 0.15) is 38.3 Å². The molecule has 2 aliphatic rings. The van der Waals surface area contributed by atoms with Crippen molar-refractivity contribution in [3.63, 3.8) is 0 Å². The van der Waals surface area contributed by atoms with Gasteiger partial charge in [-0.15, -0.1) is 0 Å². The van der Waals surface area contributed by atoms with E-state index in [-0.39, 0.29) is 0 Å². The van der Waals surface area contributed by atoms with Gasteiger partial charge in [0.05, 0.1) is 12.0 Å². The van der Waals surface area contributed by atoms with E-state index in [1.165, 1.54) is 31.4 Å². The quantitative estimate of drug-likeness (QED) is 0.879. The molecule has 4 heteroatoms. The zero-order chi connectivity index (χ0) is 13.2. The van der Waals surface area contributed by atoms with Gasteiger partial charge in [0, 0.05) is 31.4 Å². The number of rotatable bonds is 5. The van der Waals surface area contributed by atoms with Crippen molar-refractivity contribution in [2.45, 2.75) is 57.8 Å². The van der Waals surface area contributed by atoms with E-state index in [1.54, 1.807) is 0 Å². The van der Waals surface area contributed by atoms with Gasteiger partial charge in [0.1, 0.15) is 0 Å². The second kappa shape index (κ2) is 5.63. The maximum atomic E-state index is 4.22. The molecule has 2 unspecified atom stereocenters. The minimum atomic E-state index is 0.853. The van der Waals surface area contributed by atoms with Crippen LogP contribution in [-0.4, -0.2) is 40.1 Å². The molecule has 1 aromatic heterocycles. The van der Waals surface area contributed by atoms with Gasteiger partial charge in [-0.3, -0.25) is 0 Å². The molecule has 2 bridgehead atoms. The summed E-state index contributed by atoms with van der Waals surface area (Å²) in [6, 6.07) is 1.71. The molecule has 1 aromatic rings. The van der Waals surface area contributed by atoms with Crippen LogP contribution >= 0.6 is 0 Å². The number of hydrogen-bond acceptors (Lipinski definition) is 3. The minimum absolute atomic E-state index is 0.853. The van der Waals surface area contributed by atoms with Crippen LogP contribution in [0.4, 0.5) is 0 Å².